The first kappa shape index (κ1) is 11.8. The van der Waals surface area contributed by atoms with E-state index >= 15 is 0 Å². The third-order valence-electron chi connectivity index (χ3n) is 2.51. The van der Waals surface area contributed by atoms with Gasteiger partial charge in [-0.15, -0.1) is 0 Å². The fraction of sp³-hybridized carbons (Fsp3) is 0.545. The smallest absolute Gasteiger partial charge is 0.352 e. The van der Waals surface area contributed by atoms with Crippen LogP contribution in [0.4, 0.5) is 0 Å². The zero-order chi connectivity index (χ0) is 11.6. The second-order valence-corrected chi connectivity index (χ2v) is 3.98. The molecule has 0 amide bonds. The lowest BCUT2D eigenvalue weighted by Crippen LogP contribution is -2.12. The van der Waals surface area contributed by atoms with Crippen LogP contribution in [0.3, 0.4) is 0 Å². The number of rotatable bonds is 4. The molecule has 4 heteroatoms. The van der Waals surface area contributed by atoms with Gasteiger partial charge in [-0.2, -0.15) is 0 Å². The van der Waals surface area contributed by atoms with E-state index in [2.05, 4.69) is 4.98 Å². The highest BCUT2D eigenvalue weighted by Gasteiger charge is 2.17. The van der Waals surface area contributed by atoms with Crippen molar-refractivity contribution in [1.29, 1.82) is 0 Å². The maximum Gasteiger partial charge on any atom is 0.352 e. The molecular weight excluding hydrogens is 192 g/mol. The van der Waals surface area contributed by atoms with Crippen molar-refractivity contribution in [2.24, 2.45) is 0 Å². The van der Waals surface area contributed by atoms with Gasteiger partial charge in [-0.3, -0.25) is 0 Å². The van der Waals surface area contributed by atoms with Gasteiger partial charge in [-0.25, -0.2) is 4.79 Å². The molecular formula is C11H18N2O2. The van der Waals surface area contributed by atoms with Crippen molar-refractivity contribution in [3.8, 4) is 0 Å². The topological polar surface area (TPSA) is 56.3 Å². The van der Waals surface area contributed by atoms with E-state index in [-0.39, 0.29) is 0 Å². The van der Waals surface area contributed by atoms with Crippen LogP contribution in [0.5, 0.6) is 0 Å². The number of nitrogens with zero attached hydrogens (tertiary/aromatic N) is 1. The summed E-state index contributed by atoms with van der Waals surface area (Å²) in [6, 6.07) is 0. The number of aromatic carboxylic acids is 1. The highest BCUT2D eigenvalue weighted by molar-refractivity contribution is 5.88. The summed E-state index contributed by atoms with van der Waals surface area (Å²) in [5.74, 6) is -0.882. The molecule has 0 atom stereocenters. The Hall–Kier alpha value is -1.29. The molecule has 0 saturated carbocycles. The quantitative estimate of drug-likeness (QED) is 0.794. The highest BCUT2D eigenvalue weighted by Crippen LogP contribution is 2.20. The van der Waals surface area contributed by atoms with E-state index in [1.165, 1.54) is 0 Å². The summed E-state index contributed by atoms with van der Waals surface area (Å²) in [7, 11) is 3.94. The Labute approximate surface area is 89.9 Å². The molecule has 2 N–H and O–H groups in total. The van der Waals surface area contributed by atoms with Crippen LogP contribution >= 0.6 is 0 Å². The average molecular weight is 210 g/mol. The molecule has 0 bridgehead atoms. The number of aromatic amines is 1. The predicted molar refractivity (Wildman–Crippen MR) is 59.3 cm³/mol. The Morgan fingerprint density at radius 3 is 2.47 bits per heavy atom. The van der Waals surface area contributed by atoms with Crippen LogP contribution in [-0.2, 0) is 13.0 Å². The fourth-order valence-electron chi connectivity index (χ4n) is 1.84. The van der Waals surface area contributed by atoms with Crippen LogP contribution in [0.25, 0.3) is 0 Å². The zero-order valence-corrected chi connectivity index (χ0v) is 9.72. The van der Waals surface area contributed by atoms with Crippen molar-refractivity contribution in [2.45, 2.75) is 26.8 Å². The lowest BCUT2D eigenvalue weighted by molar-refractivity contribution is 0.0690. The summed E-state index contributed by atoms with van der Waals surface area (Å²) in [5, 5.41) is 8.99. The van der Waals surface area contributed by atoms with Crippen molar-refractivity contribution in [3.05, 3.63) is 22.5 Å². The van der Waals surface area contributed by atoms with E-state index in [0.717, 1.165) is 29.8 Å². The van der Waals surface area contributed by atoms with Gasteiger partial charge >= 0.3 is 5.97 Å². The molecule has 0 radical (unpaired) electrons. The van der Waals surface area contributed by atoms with Gasteiger partial charge in [-0.05, 0) is 38.6 Å². The third-order valence-corrected chi connectivity index (χ3v) is 2.51. The van der Waals surface area contributed by atoms with Crippen LogP contribution in [-0.4, -0.2) is 35.1 Å². The number of carboxylic acids is 1. The normalized spacial score (nSPS) is 11.0. The number of hydrogen-bond donors (Lipinski definition) is 2. The Bertz CT molecular complexity index is 367. The van der Waals surface area contributed by atoms with E-state index < -0.39 is 5.97 Å². The lowest BCUT2D eigenvalue weighted by atomic mass is 10.1. The van der Waals surface area contributed by atoms with E-state index in [1.807, 2.05) is 32.8 Å². The first-order chi connectivity index (χ1) is 6.97. The summed E-state index contributed by atoms with van der Waals surface area (Å²) >= 11 is 0. The van der Waals surface area contributed by atoms with E-state index in [1.54, 1.807) is 0 Å². The molecule has 0 aromatic carbocycles. The summed E-state index contributed by atoms with van der Waals surface area (Å²) < 4.78 is 0. The SMILES string of the molecule is CCc1c(CN(C)C)[nH]c(C(=O)O)c1C. The Kier molecular flexibility index (Phi) is 3.52. The molecule has 1 rings (SSSR count). The van der Waals surface area contributed by atoms with Gasteiger partial charge in [0.1, 0.15) is 5.69 Å². The van der Waals surface area contributed by atoms with Gasteiger partial charge in [0.05, 0.1) is 0 Å². The number of carbonyl (C=O) groups is 1. The summed E-state index contributed by atoms with van der Waals surface area (Å²) in [6.07, 6.45) is 0.860. The van der Waals surface area contributed by atoms with Gasteiger partial charge in [0.2, 0.25) is 0 Å². The maximum absolute atomic E-state index is 10.9. The van der Waals surface area contributed by atoms with Crippen molar-refractivity contribution < 1.29 is 9.90 Å². The van der Waals surface area contributed by atoms with E-state index in [4.69, 9.17) is 5.11 Å². The first-order valence-corrected chi connectivity index (χ1v) is 5.05. The molecule has 0 unspecified atom stereocenters. The molecule has 0 saturated heterocycles. The number of nitrogens with one attached hydrogen (secondary N) is 1. The van der Waals surface area contributed by atoms with Crippen LogP contribution in [0.15, 0.2) is 0 Å². The third kappa shape index (κ3) is 2.39. The largest absolute Gasteiger partial charge is 0.477 e. The van der Waals surface area contributed by atoms with Crippen LogP contribution < -0.4 is 0 Å². The van der Waals surface area contributed by atoms with Gasteiger partial charge in [0.15, 0.2) is 0 Å². The van der Waals surface area contributed by atoms with Crippen molar-refractivity contribution in [2.75, 3.05) is 14.1 Å². The molecule has 0 spiro atoms. The molecule has 84 valence electrons. The van der Waals surface area contributed by atoms with Crippen LogP contribution in [0.1, 0.15) is 34.2 Å². The van der Waals surface area contributed by atoms with Crippen LogP contribution in [0.2, 0.25) is 0 Å². The molecule has 15 heavy (non-hydrogen) atoms. The second-order valence-electron chi connectivity index (χ2n) is 3.98. The van der Waals surface area contributed by atoms with Crippen molar-refractivity contribution >= 4 is 5.97 Å². The van der Waals surface area contributed by atoms with Gasteiger partial charge in [0, 0.05) is 12.2 Å². The molecule has 0 aliphatic heterocycles. The molecule has 1 heterocycles. The van der Waals surface area contributed by atoms with E-state index in [0.29, 0.717) is 5.69 Å². The molecule has 0 aliphatic rings. The standard InChI is InChI=1S/C11H18N2O2/c1-5-8-7(2)10(11(14)15)12-9(8)6-13(3)4/h12H,5-6H2,1-4H3,(H,14,15). The summed E-state index contributed by atoms with van der Waals surface area (Å²) in [6.45, 7) is 4.65. The van der Waals surface area contributed by atoms with Crippen LogP contribution in [0, 0.1) is 6.92 Å². The number of H-pyrrole nitrogens is 1. The molecule has 0 aliphatic carbocycles. The lowest BCUT2D eigenvalue weighted by Gasteiger charge is -2.09. The monoisotopic (exact) mass is 210 g/mol. The van der Waals surface area contributed by atoms with Gasteiger partial charge < -0.3 is 15.0 Å². The second kappa shape index (κ2) is 4.49. The minimum Gasteiger partial charge on any atom is -0.477 e. The Morgan fingerprint density at radius 1 is 1.47 bits per heavy atom. The fourth-order valence-corrected chi connectivity index (χ4v) is 1.84. The first-order valence-electron chi connectivity index (χ1n) is 5.05. The number of hydrogen-bond acceptors (Lipinski definition) is 2. The van der Waals surface area contributed by atoms with Crippen molar-refractivity contribution in [3.63, 3.8) is 0 Å². The summed E-state index contributed by atoms with van der Waals surface area (Å²) in [4.78, 5) is 16.0. The maximum atomic E-state index is 10.9. The minimum absolute atomic E-state index is 0.323. The zero-order valence-electron chi connectivity index (χ0n) is 9.72. The Balaban J connectivity index is 3.15. The highest BCUT2D eigenvalue weighted by atomic mass is 16.4. The number of aromatic nitrogens is 1. The Morgan fingerprint density at radius 2 is 2.07 bits per heavy atom. The summed E-state index contributed by atoms with van der Waals surface area (Å²) in [5.41, 5.74) is 3.32. The van der Waals surface area contributed by atoms with Gasteiger partial charge in [-0.1, -0.05) is 6.92 Å². The van der Waals surface area contributed by atoms with Gasteiger partial charge in [0.25, 0.3) is 0 Å². The van der Waals surface area contributed by atoms with Crippen molar-refractivity contribution in [1.82, 2.24) is 9.88 Å². The average Bonchev–Trinajstić information content (AvgIpc) is 2.41. The number of carboxylic acid groups (broad SMARTS) is 1. The van der Waals surface area contributed by atoms with E-state index in [9.17, 15) is 4.79 Å². The predicted octanol–water partition coefficient (Wildman–Crippen LogP) is 1.65. The molecule has 0 fully saturated rings. The molecule has 1 aromatic rings. The minimum atomic E-state index is -0.882. The molecule has 4 nitrogen and oxygen atoms in total. The molecule has 1 aromatic heterocycles.